The van der Waals surface area contributed by atoms with Gasteiger partial charge in [-0.1, -0.05) is 317 Å². The van der Waals surface area contributed by atoms with Gasteiger partial charge in [-0.15, -0.1) is 0 Å². The zero-order chi connectivity index (χ0) is 49.5. The third kappa shape index (κ3) is 55.3. The number of esters is 3. The van der Waals surface area contributed by atoms with Crippen molar-refractivity contribution in [3.63, 3.8) is 0 Å². The maximum atomic E-state index is 12.9. The zero-order valence-corrected chi connectivity index (χ0v) is 46.6. The third-order valence-corrected chi connectivity index (χ3v) is 14.3. The minimum atomic E-state index is -0.762. The summed E-state index contributed by atoms with van der Waals surface area (Å²) in [5, 5.41) is 0. The molecule has 6 heteroatoms. The van der Waals surface area contributed by atoms with Gasteiger partial charge in [-0.25, -0.2) is 0 Å². The number of carbonyl (C=O) groups excluding carboxylic acids is 3. The van der Waals surface area contributed by atoms with Gasteiger partial charge in [0.05, 0.1) is 0 Å². The average Bonchev–Trinajstić information content (AvgIpc) is 3.32. The van der Waals surface area contributed by atoms with Crippen molar-refractivity contribution in [2.75, 3.05) is 13.2 Å². The molecule has 0 aliphatic heterocycles. The molecule has 6 nitrogen and oxygen atoms in total. The Hall–Kier alpha value is -1.59. The van der Waals surface area contributed by atoms with Gasteiger partial charge in [0.1, 0.15) is 13.2 Å². The number of rotatable bonds is 57. The highest BCUT2D eigenvalue weighted by Crippen LogP contribution is 2.18. The van der Waals surface area contributed by atoms with E-state index in [2.05, 4.69) is 27.7 Å². The Bertz CT molecular complexity index is 1030. The summed E-state index contributed by atoms with van der Waals surface area (Å²) in [5.41, 5.74) is 0. The highest BCUT2D eigenvalue weighted by molar-refractivity contribution is 5.71. The first-order valence-electron chi connectivity index (χ1n) is 30.9. The number of ether oxygens (including phenoxy) is 3. The number of carbonyl (C=O) groups is 3. The van der Waals surface area contributed by atoms with E-state index in [0.29, 0.717) is 19.3 Å². The van der Waals surface area contributed by atoms with Crippen molar-refractivity contribution >= 4 is 17.9 Å². The molecule has 404 valence electrons. The molecule has 0 aromatic carbocycles. The molecule has 0 heterocycles. The highest BCUT2D eigenvalue weighted by Gasteiger charge is 2.19. The molecular formula is C62H120O6. The van der Waals surface area contributed by atoms with Gasteiger partial charge in [0, 0.05) is 19.3 Å². The Balaban J connectivity index is 4.29. The van der Waals surface area contributed by atoms with Crippen LogP contribution in [-0.2, 0) is 28.6 Å². The lowest BCUT2D eigenvalue weighted by molar-refractivity contribution is -0.167. The van der Waals surface area contributed by atoms with Gasteiger partial charge in [0.25, 0.3) is 0 Å². The van der Waals surface area contributed by atoms with Gasteiger partial charge < -0.3 is 14.2 Å². The summed E-state index contributed by atoms with van der Waals surface area (Å²) in [7, 11) is 0. The van der Waals surface area contributed by atoms with E-state index in [0.717, 1.165) is 63.7 Å². The molecule has 0 amide bonds. The molecule has 0 aliphatic rings. The van der Waals surface area contributed by atoms with E-state index in [9.17, 15) is 14.4 Å². The molecule has 0 spiro atoms. The summed E-state index contributed by atoms with van der Waals surface area (Å²) in [6, 6.07) is 0. The van der Waals surface area contributed by atoms with E-state index in [1.165, 1.54) is 250 Å². The van der Waals surface area contributed by atoms with E-state index in [4.69, 9.17) is 14.2 Å². The predicted molar refractivity (Wildman–Crippen MR) is 293 cm³/mol. The van der Waals surface area contributed by atoms with Crippen molar-refractivity contribution in [2.45, 2.75) is 361 Å². The Labute approximate surface area is 425 Å². The van der Waals surface area contributed by atoms with Crippen molar-refractivity contribution in [3.05, 3.63) is 0 Å². The van der Waals surface area contributed by atoms with Crippen LogP contribution in [-0.4, -0.2) is 37.2 Å². The topological polar surface area (TPSA) is 78.9 Å². The van der Waals surface area contributed by atoms with Crippen molar-refractivity contribution in [1.29, 1.82) is 0 Å². The van der Waals surface area contributed by atoms with Crippen LogP contribution in [0.4, 0.5) is 0 Å². The molecule has 0 bridgehead atoms. The summed E-state index contributed by atoms with van der Waals surface area (Å²) in [6.45, 7) is 9.08. The molecule has 1 atom stereocenters. The molecule has 0 N–H and O–H groups in total. The normalized spacial score (nSPS) is 12.0. The molecule has 0 saturated carbocycles. The second-order valence-electron chi connectivity index (χ2n) is 21.8. The van der Waals surface area contributed by atoms with Crippen molar-refractivity contribution in [1.82, 2.24) is 0 Å². The minimum absolute atomic E-state index is 0.0613. The fraction of sp³-hybridized carbons (Fsp3) is 0.952. The standard InChI is InChI=1S/C62H120O6/c1-5-7-9-11-13-15-17-19-21-23-25-31-35-39-43-47-51-55-62(65)68-59(56-66-60(63)53-49-45-41-37-33-29-24-22-20-18-16-14-12-10-8-6-2)57-67-61(64)54-50-46-42-38-34-30-27-26-28-32-36-40-44-48-52-58(3)4/h58-59H,5-57H2,1-4H3/t59-/m0/s1. The fourth-order valence-electron chi connectivity index (χ4n) is 9.63. The van der Waals surface area contributed by atoms with Gasteiger partial charge in [-0.2, -0.15) is 0 Å². The molecule has 0 saturated heterocycles. The Morgan fingerprint density at radius 1 is 0.279 bits per heavy atom. The molecule has 0 aromatic heterocycles. The van der Waals surface area contributed by atoms with Crippen LogP contribution >= 0.6 is 0 Å². The maximum absolute atomic E-state index is 12.9. The smallest absolute Gasteiger partial charge is 0.306 e. The summed E-state index contributed by atoms with van der Waals surface area (Å²) in [4.78, 5) is 38.2. The van der Waals surface area contributed by atoms with Crippen LogP contribution in [0.1, 0.15) is 355 Å². The van der Waals surface area contributed by atoms with Gasteiger partial charge in [-0.3, -0.25) is 14.4 Å². The van der Waals surface area contributed by atoms with Gasteiger partial charge >= 0.3 is 17.9 Å². The number of unbranched alkanes of at least 4 members (excludes halogenated alkanes) is 44. The Morgan fingerprint density at radius 2 is 0.485 bits per heavy atom. The minimum Gasteiger partial charge on any atom is -0.462 e. The second kappa shape index (κ2) is 56.3. The summed E-state index contributed by atoms with van der Waals surface area (Å²) < 4.78 is 16.9. The lowest BCUT2D eigenvalue weighted by Gasteiger charge is -2.18. The van der Waals surface area contributed by atoms with Crippen LogP contribution in [0.2, 0.25) is 0 Å². The summed E-state index contributed by atoms with van der Waals surface area (Å²) in [5.74, 6) is 0.0153. The molecule has 0 aliphatic carbocycles. The average molecular weight is 962 g/mol. The van der Waals surface area contributed by atoms with Crippen LogP contribution in [0.15, 0.2) is 0 Å². The third-order valence-electron chi connectivity index (χ3n) is 14.3. The number of hydrogen-bond acceptors (Lipinski definition) is 6. The Kier molecular flexibility index (Phi) is 55.0. The molecule has 68 heavy (non-hydrogen) atoms. The summed E-state index contributed by atoms with van der Waals surface area (Å²) >= 11 is 0. The largest absolute Gasteiger partial charge is 0.462 e. The zero-order valence-electron chi connectivity index (χ0n) is 46.6. The molecule has 0 fully saturated rings. The van der Waals surface area contributed by atoms with E-state index in [1.807, 2.05) is 0 Å². The van der Waals surface area contributed by atoms with Crippen LogP contribution in [0.25, 0.3) is 0 Å². The van der Waals surface area contributed by atoms with Gasteiger partial charge in [0.15, 0.2) is 6.10 Å². The number of hydrogen-bond donors (Lipinski definition) is 0. The monoisotopic (exact) mass is 961 g/mol. The van der Waals surface area contributed by atoms with E-state index in [-0.39, 0.29) is 31.1 Å². The summed E-state index contributed by atoms with van der Waals surface area (Å²) in [6.07, 6.45) is 62.4. The first kappa shape index (κ1) is 66.4. The van der Waals surface area contributed by atoms with E-state index < -0.39 is 6.10 Å². The van der Waals surface area contributed by atoms with Crippen LogP contribution in [0, 0.1) is 5.92 Å². The first-order chi connectivity index (χ1) is 33.4. The first-order valence-corrected chi connectivity index (χ1v) is 30.9. The lowest BCUT2D eigenvalue weighted by Crippen LogP contribution is -2.30. The van der Waals surface area contributed by atoms with Crippen LogP contribution in [0.5, 0.6) is 0 Å². The van der Waals surface area contributed by atoms with E-state index >= 15 is 0 Å². The molecule has 0 aromatic rings. The molecule has 0 unspecified atom stereocenters. The van der Waals surface area contributed by atoms with Crippen LogP contribution < -0.4 is 0 Å². The SMILES string of the molecule is CCCCCCCCCCCCCCCCCCCC(=O)O[C@@H](COC(=O)CCCCCCCCCCCCCCCCCC)COC(=O)CCCCCCCCCCCCCCCCC(C)C. The maximum Gasteiger partial charge on any atom is 0.306 e. The quantitative estimate of drug-likeness (QED) is 0.0343. The van der Waals surface area contributed by atoms with Gasteiger partial charge in [-0.05, 0) is 25.2 Å². The Morgan fingerprint density at radius 3 is 0.721 bits per heavy atom. The van der Waals surface area contributed by atoms with Gasteiger partial charge in [0.2, 0.25) is 0 Å². The van der Waals surface area contributed by atoms with Crippen molar-refractivity contribution < 1.29 is 28.6 Å². The van der Waals surface area contributed by atoms with Crippen molar-refractivity contribution in [2.24, 2.45) is 5.92 Å². The van der Waals surface area contributed by atoms with Crippen LogP contribution in [0.3, 0.4) is 0 Å². The highest BCUT2D eigenvalue weighted by atomic mass is 16.6. The van der Waals surface area contributed by atoms with Crippen molar-refractivity contribution in [3.8, 4) is 0 Å². The second-order valence-corrected chi connectivity index (χ2v) is 21.8. The predicted octanol–water partition coefficient (Wildman–Crippen LogP) is 20.6. The molecular weight excluding hydrogens is 841 g/mol. The molecule has 0 rings (SSSR count). The fourth-order valence-corrected chi connectivity index (χ4v) is 9.63. The lowest BCUT2D eigenvalue weighted by atomic mass is 10.0. The molecule has 0 radical (unpaired) electrons. The van der Waals surface area contributed by atoms with E-state index in [1.54, 1.807) is 0 Å².